The van der Waals surface area contributed by atoms with Crippen LogP contribution in [0.25, 0.3) is 0 Å². The highest BCUT2D eigenvalue weighted by Crippen LogP contribution is 2.29. The molecule has 0 aliphatic heterocycles. The van der Waals surface area contributed by atoms with E-state index in [1.165, 1.54) is 7.05 Å². The third kappa shape index (κ3) is 5.36. The first-order chi connectivity index (χ1) is 8.24. The van der Waals surface area contributed by atoms with Gasteiger partial charge in [0.15, 0.2) is 0 Å². The molecule has 1 aromatic carbocycles. The minimum absolute atomic E-state index is 0. The van der Waals surface area contributed by atoms with Gasteiger partial charge < -0.3 is 9.84 Å². The number of halogens is 1. The van der Waals surface area contributed by atoms with Crippen molar-refractivity contribution in [3.05, 3.63) is 23.8 Å². The molecule has 0 amide bonds. The maximum Gasteiger partial charge on any atom is 0.149 e. The van der Waals surface area contributed by atoms with Crippen LogP contribution in [0.5, 0.6) is 5.75 Å². The van der Waals surface area contributed by atoms with Crippen LogP contribution in [-0.4, -0.2) is 34.3 Å². The summed E-state index contributed by atoms with van der Waals surface area (Å²) in [5.41, 5.74) is 2.25. The monoisotopic (exact) mass is 378 g/mol. The summed E-state index contributed by atoms with van der Waals surface area (Å²) in [6, 6.07) is 5.92. The number of ether oxygens (including phenoxy) is 1. The molecule has 0 unspecified atom stereocenters. The smallest absolute Gasteiger partial charge is 0.149 e. The van der Waals surface area contributed by atoms with E-state index in [2.05, 4.69) is 46.0 Å². The Labute approximate surface area is 132 Å². The first kappa shape index (κ1) is 18.2. The zero-order valence-corrected chi connectivity index (χ0v) is 14.8. The Hall–Kier alpha value is -0.820. The minimum Gasteiger partial charge on any atom is -0.566 e. The Morgan fingerprint density at radius 2 is 1.79 bits per heavy atom. The van der Waals surface area contributed by atoms with Crippen LogP contribution in [0.2, 0.25) is 0 Å². The second kappa shape index (κ2) is 7.09. The molecule has 0 atom stereocenters. The molecule has 1 rings (SSSR count). The van der Waals surface area contributed by atoms with E-state index < -0.39 is 6.08 Å². The second-order valence-corrected chi connectivity index (χ2v) is 5.52. The summed E-state index contributed by atoms with van der Waals surface area (Å²) >= 11 is 0. The lowest BCUT2D eigenvalue weighted by atomic mass is 10.0. The van der Waals surface area contributed by atoms with Crippen LogP contribution in [0.4, 0.5) is 5.69 Å². The highest BCUT2D eigenvalue weighted by atomic mass is 127. The van der Waals surface area contributed by atoms with Gasteiger partial charge in [0.2, 0.25) is 0 Å². The maximum atomic E-state index is 11.2. The molecule has 4 nitrogen and oxygen atoms in total. The van der Waals surface area contributed by atoms with Crippen molar-refractivity contribution in [1.82, 2.24) is 4.48 Å². The van der Waals surface area contributed by atoms with E-state index in [1.54, 1.807) is 0 Å². The summed E-state index contributed by atoms with van der Waals surface area (Å²) in [6.07, 6.45) is -0.566. The summed E-state index contributed by atoms with van der Waals surface area (Å²) < 4.78 is 5.85. The Kier molecular flexibility index (Phi) is 6.79. The van der Waals surface area contributed by atoms with Gasteiger partial charge in [-0.1, -0.05) is 13.8 Å². The van der Waals surface area contributed by atoms with Crippen LogP contribution in [0, 0.1) is 0 Å². The predicted molar refractivity (Wildman–Crippen MR) is 89.5 cm³/mol. The quantitative estimate of drug-likeness (QED) is 0.351. The van der Waals surface area contributed by atoms with Crippen LogP contribution < -0.4 is 14.3 Å². The van der Waals surface area contributed by atoms with E-state index in [-0.39, 0.29) is 24.0 Å². The zero-order valence-electron chi connectivity index (χ0n) is 12.4. The van der Waals surface area contributed by atoms with E-state index >= 15 is 0 Å². The Morgan fingerprint density at radius 1 is 1.21 bits per heavy atom. The second-order valence-electron chi connectivity index (χ2n) is 5.52. The number of benzene rings is 1. The molecule has 0 fully saturated rings. The lowest BCUT2D eigenvalue weighted by Gasteiger charge is -2.26. The van der Waals surface area contributed by atoms with E-state index in [0.717, 1.165) is 11.3 Å². The topological polar surface area (TPSA) is 44.7 Å². The first-order valence-electron chi connectivity index (χ1n) is 6.02. The molecule has 19 heavy (non-hydrogen) atoms. The van der Waals surface area contributed by atoms with Crippen molar-refractivity contribution in [2.24, 2.45) is 4.99 Å². The highest BCUT2D eigenvalue weighted by Gasteiger charge is 2.15. The Bertz CT molecular complexity index is 451. The van der Waals surface area contributed by atoms with Crippen LogP contribution in [0.3, 0.4) is 0 Å². The molecule has 0 bridgehead atoms. The standard InChI is InChI=1S/C14H22N2O2.HI/c1-10(2)11-7-12(16(4,5)6)9-13(8-11)18-14(17)15-3;/h7-10H,1-6H3;1H. The maximum absolute atomic E-state index is 11.2. The summed E-state index contributed by atoms with van der Waals surface area (Å²) in [5.74, 6) is 0.937. The fourth-order valence-corrected chi connectivity index (χ4v) is 1.53. The van der Waals surface area contributed by atoms with Crippen molar-refractivity contribution in [3.8, 4) is 5.75 Å². The molecule has 0 aliphatic rings. The number of hydrogen-bond donors (Lipinski definition) is 0. The summed E-state index contributed by atoms with van der Waals surface area (Å²) in [6.45, 7) is 4.23. The van der Waals surface area contributed by atoms with Gasteiger partial charge in [0, 0.05) is 24.9 Å². The lowest BCUT2D eigenvalue weighted by Crippen LogP contribution is -2.35. The van der Waals surface area contributed by atoms with Crippen molar-refractivity contribution in [3.63, 3.8) is 0 Å². The van der Waals surface area contributed by atoms with Gasteiger partial charge in [-0.2, -0.15) is 0 Å². The molecular weight excluding hydrogens is 355 g/mol. The molecule has 0 heterocycles. The van der Waals surface area contributed by atoms with Gasteiger partial charge >= 0.3 is 0 Å². The van der Waals surface area contributed by atoms with Crippen molar-refractivity contribution in [1.29, 1.82) is 0 Å². The van der Waals surface area contributed by atoms with Crippen molar-refractivity contribution in [2.75, 3.05) is 28.2 Å². The van der Waals surface area contributed by atoms with E-state index in [9.17, 15) is 5.11 Å². The molecule has 1 aromatic rings. The van der Waals surface area contributed by atoms with E-state index in [1.807, 2.05) is 12.1 Å². The van der Waals surface area contributed by atoms with Gasteiger partial charge in [-0.05, 0) is 17.5 Å². The van der Waals surface area contributed by atoms with Gasteiger partial charge in [0.25, 0.3) is 0 Å². The Morgan fingerprint density at radius 3 is 2.21 bits per heavy atom. The van der Waals surface area contributed by atoms with Gasteiger partial charge in [0.1, 0.15) is 11.8 Å². The van der Waals surface area contributed by atoms with Crippen molar-refractivity contribution in [2.45, 2.75) is 19.8 Å². The summed E-state index contributed by atoms with van der Waals surface area (Å²) in [7, 11) is 7.66. The average molecular weight is 378 g/mol. The molecule has 0 radical (unpaired) electrons. The number of rotatable bonds is 3. The fraction of sp³-hybridized carbons (Fsp3) is 0.500. The third-order valence-corrected chi connectivity index (χ3v) is 2.74. The van der Waals surface area contributed by atoms with Crippen LogP contribution in [0.15, 0.2) is 23.2 Å². The molecule has 0 aromatic heterocycles. The lowest BCUT2D eigenvalue weighted by molar-refractivity contribution is -0.240. The minimum atomic E-state index is -0.566. The van der Waals surface area contributed by atoms with Gasteiger partial charge in [-0.3, -0.25) is 9.48 Å². The fourth-order valence-electron chi connectivity index (χ4n) is 1.53. The van der Waals surface area contributed by atoms with Gasteiger partial charge in [-0.25, -0.2) is 0 Å². The van der Waals surface area contributed by atoms with Crippen LogP contribution >= 0.6 is 24.0 Å². The average Bonchev–Trinajstić information content (AvgIpc) is 2.27. The molecule has 108 valence electrons. The molecule has 0 saturated carbocycles. The Balaban J connectivity index is 0.00000324. The molecular formula is C14H23IN2O2. The summed E-state index contributed by atoms with van der Waals surface area (Å²) in [5, 5.41) is 11.2. The molecule has 0 spiro atoms. The first-order valence-corrected chi connectivity index (χ1v) is 6.02. The number of quaternary nitrogens is 1. The third-order valence-electron chi connectivity index (χ3n) is 2.74. The SMILES string of the molecule is CN=C([O-])Oc1cc(C(C)C)cc([N+](C)(C)C)c1.I. The molecule has 0 saturated heterocycles. The van der Waals surface area contributed by atoms with Gasteiger partial charge in [-0.15, -0.1) is 24.0 Å². The molecule has 5 heteroatoms. The highest BCUT2D eigenvalue weighted by molar-refractivity contribution is 14.0. The van der Waals surface area contributed by atoms with E-state index in [0.29, 0.717) is 16.2 Å². The van der Waals surface area contributed by atoms with Crippen LogP contribution in [-0.2, 0) is 0 Å². The predicted octanol–water partition coefficient (Wildman–Crippen LogP) is 2.35. The van der Waals surface area contributed by atoms with Crippen molar-refractivity contribution < 1.29 is 9.84 Å². The van der Waals surface area contributed by atoms with Crippen molar-refractivity contribution >= 4 is 35.7 Å². The molecule has 0 N–H and O–H groups in total. The largest absolute Gasteiger partial charge is 0.566 e. The molecule has 0 aliphatic carbocycles. The van der Waals surface area contributed by atoms with Gasteiger partial charge in [0.05, 0.1) is 21.1 Å². The number of aliphatic imine (C=N–C) groups is 1. The number of nitrogens with zero attached hydrogens (tertiary/aromatic N) is 2. The van der Waals surface area contributed by atoms with Crippen LogP contribution in [0.1, 0.15) is 25.3 Å². The van der Waals surface area contributed by atoms with E-state index in [4.69, 9.17) is 4.74 Å². The summed E-state index contributed by atoms with van der Waals surface area (Å²) in [4.78, 5) is 3.48. The normalized spacial score (nSPS) is 12.3. The zero-order chi connectivity index (χ0) is 13.9. The number of hydrogen-bond acceptors (Lipinski definition) is 3.